The molecule has 8 nitrogen and oxygen atoms in total. The first-order chi connectivity index (χ1) is 11.7. The Hall–Kier alpha value is -2.61. The number of ether oxygens (including phenoxy) is 2. The van der Waals surface area contributed by atoms with Crippen molar-refractivity contribution < 1.29 is 14.3 Å². The summed E-state index contributed by atoms with van der Waals surface area (Å²) >= 11 is 0. The molecular formula is C16H19N5O3. The third-order valence-electron chi connectivity index (χ3n) is 4.39. The zero-order valence-electron chi connectivity index (χ0n) is 13.4. The van der Waals surface area contributed by atoms with E-state index in [-0.39, 0.29) is 18.2 Å². The van der Waals surface area contributed by atoms with Crippen molar-refractivity contribution in [2.45, 2.75) is 12.1 Å². The Balaban J connectivity index is 1.43. The van der Waals surface area contributed by atoms with E-state index in [2.05, 4.69) is 15.5 Å². The smallest absolute Gasteiger partial charge is 0.318 e. The van der Waals surface area contributed by atoms with E-state index in [1.807, 2.05) is 35.9 Å². The molecule has 3 heterocycles. The van der Waals surface area contributed by atoms with Crippen LogP contribution in [0.25, 0.3) is 0 Å². The monoisotopic (exact) mass is 329 g/mol. The molecule has 4 rings (SSSR count). The van der Waals surface area contributed by atoms with Gasteiger partial charge in [0.2, 0.25) is 0 Å². The van der Waals surface area contributed by atoms with Crippen LogP contribution in [0.1, 0.15) is 23.5 Å². The van der Waals surface area contributed by atoms with E-state index in [0.29, 0.717) is 26.3 Å². The third kappa shape index (κ3) is 2.69. The van der Waals surface area contributed by atoms with Gasteiger partial charge in [-0.1, -0.05) is 18.2 Å². The summed E-state index contributed by atoms with van der Waals surface area (Å²) in [5.74, 6) is 1.56. The van der Waals surface area contributed by atoms with E-state index >= 15 is 0 Å². The van der Waals surface area contributed by atoms with Crippen molar-refractivity contribution in [1.82, 2.24) is 25.0 Å². The minimum Gasteiger partial charge on any atom is -0.491 e. The van der Waals surface area contributed by atoms with Gasteiger partial charge in [-0.25, -0.2) is 4.79 Å². The highest BCUT2D eigenvalue weighted by Gasteiger charge is 2.31. The number of urea groups is 1. The van der Waals surface area contributed by atoms with Crippen molar-refractivity contribution in [1.29, 1.82) is 0 Å². The maximum Gasteiger partial charge on any atom is 0.318 e. The van der Waals surface area contributed by atoms with Gasteiger partial charge >= 0.3 is 6.03 Å². The Morgan fingerprint density at radius 1 is 1.38 bits per heavy atom. The highest BCUT2D eigenvalue weighted by Crippen LogP contribution is 2.32. The summed E-state index contributed by atoms with van der Waals surface area (Å²) in [7, 11) is 1.87. The number of benzene rings is 1. The molecule has 1 fully saturated rings. The predicted molar refractivity (Wildman–Crippen MR) is 84.5 cm³/mol. The van der Waals surface area contributed by atoms with Crippen LogP contribution in [0.5, 0.6) is 5.75 Å². The molecular weight excluding hydrogens is 310 g/mol. The molecule has 0 saturated carbocycles. The molecule has 8 heteroatoms. The molecule has 0 radical (unpaired) electrons. The average molecular weight is 329 g/mol. The normalized spacial score (nSPS) is 22.8. The second-order valence-electron chi connectivity index (χ2n) is 5.96. The lowest BCUT2D eigenvalue weighted by molar-refractivity contribution is -0.0218. The summed E-state index contributed by atoms with van der Waals surface area (Å²) in [5, 5.41) is 11.0. The molecule has 1 aromatic heterocycles. The van der Waals surface area contributed by atoms with E-state index in [9.17, 15) is 4.79 Å². The lowest BCUT2D eigenvalue weighted by atomic mass is 10.1. The number of para-hydroxylation sites is 1. The highest BCUT2D eigenvalue weighted by atomic mass is 16.5. The van der Waals surface area contributed by atoms with Gasteiger partial charge in [0.15, 0.2) is 5.82 Å². The van der Waals surface area contributed by atoms with Crippen molar-refractivity contribution in [3.63, 3.8) is 0 Å². The minimum absolute atomic E-state index is 0.115. The van der Waals surface area contributed by atoms with Crippen LogP contribution in [-0.2, 0) is 11.8 Å². The lowest BCUT2D eigenvalue weighted by Crippen LogP contribution is -2.48. The van der Waals surface area contributed by atoms with E-state index < -0.39 is 0 Å². The number of nitrogens with one attached hydrogen (secondary N) is 1. The number of nitrogens with zero attached hydrogens (tertiary/aromatic N) is 4. The van der Waals surface area contributed by atoms with Crippen LogP contribution in [0.3, 0.4) is 0 Å². The molecule has 2 aliphatic rings. The van der Waals surface area contributed by atoms with Crippen LogP contribution in [0.2, 0.25) is 0 Å². The lowest BCUT2D eigenvalue weighted by Gasteiger charge is -2.33. The topological polar surface area (TPSA) is 81.5 Å². The first-order valence-electron chi connectivity index (χ1n) is 7.95. The quantitative estimate of drug-likeness (QED) is 0.890. The summed E-state index contributed by atoms with van der Waals surface area (Å²) in [6, 6.07) is 7.54. The summed E-state index contributed by atoms with van der Waals surface area (Å²) in [4.78, 5) is 14.4. The van der Waals surface area contributed by atoms with E-state index in [1.165, 1.54) is 0 Å². The average Bonchev–Trinajstić information content (AvgIpc) is 3.22. The van der Waals surface area contributed by atoms with Crippen molar-refractivity contribution in [3.8, 4) is 5.75 Å². The number of carbonyl (C=O) groups is 1. The zero-order valence-corrected chi connectivity index (χ0v) is 13.4. The Bertz CT molecular complexity index is 747. The number of hydrogen-bond donors (Lipinski definition) is 1. The first kappa shape index (κ1) is 14.9. The van der Waals surface area contributed by atoms with Gasteiger partial charge in [-0.2, -0.15) is 0 Å². The van der Waals surface area contributed by atoms with Gasteiger partial charge < -0.3 is 24.3 Å². The Labute approximate surface area is 139 Å². The van der Waals surface area contributed by atoms with E-state index in [4.69, 9.17) is 9.47 Å². The summed E-state index contributed by atoms with van der Waals surface area (Å²) in [5.41, 5.74) is 1.02. The standard InChI is InChI=1S/C16H19N5O3/c1-20-10-17-19-15(20)14-8-21(6-7-23-14)16(22)18-12-9-24-13-5-3-2-4-11(12)13/h2-5,10,12,14H,6-9H2,1H3,(H,18,22). The molecule has 2 unspecified atom stereocenters. The molecule has 2 aromatic rings. The van der Waals surface area contributed by atoms with Gasteiger partial charge in [0.05, 0.1) is 19.2 Å². The fraction of sp³-hybridized carbons (Fsp3) is 0.438. The molecule has 0 bridgehead atoms. The van der Waals surface area contributed by atoms with Gasteiger partial charge in [0, 0.05) is 19.2 Å². The largest absolute Gasteiger partial charge is 0.491 e. The van der Waals surface area contributed by atoms with Gasteiger partial charge in [0.25, 0.3) is 0 Å². The van der Waals surface area contributed by atoms with E-state index in [1.54, 1.807) is 11.2 Å². The van der Waals surface area contributed by atoms with E-state index in [0.717, 1.165) is 17.1 Å². The SMILES string of the molecule is Cn1cnnc1C1CN(C(=O)NC2COc3ccccc32)CCO1. The molecule has 1 N–H and O–H groups in total. The molecule has 126 valence electrons. The molecule has 2 amide bonds. The molecule has 0 spiro atoms. The Morgan fingerprint density at radius 3 is 3.08 bits per heavy atom. The van der Waals surface area contributed by atoms with Gasteiger partial charge in [-0.15, -0.1) is 10.2 Å². The maximum absolute atomic E-state index is 12.6. The van der Waals surface area contributed by atoms with Crippen LogP contribution in [-0.4, -0.2) is 52.0 Å². The van der Waals surface area contributed by atoms with Gasteiger partial charge in [-0.3, -0.25) is 0 Å². The zero-order chi connectivity index (χ0) is 16.5. The molecule has 1 saturated heterocycles. The van der Waals surface area contributed by atoms with Crippen molar-refractivity contribution in [3.05, 3.63) is 42.0 Å². The Kier molecular flexibility index (Phi) is 3.81. The molecule has 1 aromatic carbocycles. The van der Waals surface area contributed by atoms with Crippen LogP contribution in [0, 0.1) is 0 Å². The molecule has 2 atom stereocenters. The van der Waals surface area contributed by atoms with Crippen LogP contribution >= 0.6 is 0 Å². The van der Waals surface area contributed by atoms with Gasteiger partial charge in [0.1, 0.15) is 24.8 Å². The molecule has 2 aliphatic heterocycles. The van der Waals surface area contributed by atoms with Crippen molar-refractivity contribution in [2.24, 2.45) is 7.05 Å². The number of fused-ring (bicyclic) bond motifs is 1. The molecule has 0 aliphatic carbocycles. The number of hydrogen-bond acceptors (Lipinski definition) is 5. The number of aromatic nitrogens is 3. The number of rotatable bonds is 2. The Morgan fingerprint density at radius 2 is 2.25 bits per heavy atom. The molecule has 24 heavy (non-hydrogen) atoms. The van der Waals surface area contributed by atoms with Crippen LogP contribution in [0.15, 0.2) is 30.6 Å². The second-order valence-corrected chi connectivity index (χ2v) is 5.96. The predicted octanol–water partition coefficient (Wildman–Crippen LogP) is 1.03. The highest BCUT2D eigenvalue weighted by molar-refractivity contribution is 5.75. The van der Waals surface area contributed by atoms with Gasteiger partial charge in [-0.05, 0) is 6.07 Å². The first-order valence-corrected chi connectivity index (χ1v) is 7.95. The maximum atomic E-state index is 12.6. The van der Waals surface area contributed by atoms with Crippen LogP contribution < -0.4 is 10.1 Å². The number of morpholine rings is 1. The number of amides is 2. The van der Waals surface area contributed by atoms with Crippen molar-refractivity contribution >= 4 is 6.03 Å². The fourth-order valence-electron chi connectivity index (χ4n) is 3.10. The fourth-order valence-corrected chi connectivity index (χ4v) is 3.10. The number of aryl methyl sites for hydroxylation is 1. The summed E-state index contributed by atoms with van der Waals surface area (Å²) in [6.07, 6.45) is 1.37. The summed E-state index contributed by atoms with van der Waals surface area (Å²) in [6.45, 7) is 1.94. The second kappa shape index (κ2) is 6.12. The van der Waals surface area contributed by atoms with Crippen LogP contribution in [0.4, 0.5) is 4.79 Å². The third-order valence-corrected chi connectivity index (χ3v) is 4.39. The van der Waals surface area contributed by atoms with Crippen molar-refractivity contribution in [2.75, 3.05) is 26.3 Å². The summed E-state index contributed by atoms with van der Waals surface area (Å²) < 4.78 is 13.2. The number of carbonyl (C=O) groups excluding carboxylic acids is 1. The minimum atomic E-state index is -0.260.